The van der Waals surface area contributed by atoms with E-state index in [2.05, 4.69) is 483 Å². The first-order chi connectivity index (χ1) is 58.1. The molecule has 0 radical (unpaired) electrons. The van der Waals surface area contributed by atoms with Crippen molar-refractivity contribution in [2.45, 2.75) is 38.5 Å². The van der Waals surface area contributed by atoms with Gasteiger partial charge in [0, 0.05) is 77.6 Å². The second kappa shape index (κ2) is 29.2. The summed E-state index contributed by atoms with van der Waals surface area (Å²) in [5, 5.41) is 5.07. The lowest BCUT2D eigenvalue weighted by Crippen LogP contribution is -2.17. The monoisotopic (exact) mass is 1510 g/mol. The van der Waals surface area contributed by atoms with E-state index in [9.17, 15) is 0 Å². The van der Waals surface area contributed by atoms with Crippen molar-refractivity contribution in [2.24, 2.45) is 0 Å². The third kappa shape index (κ3) is 12.3. The lowest BCUT2D eigenvalue weighted by atomic mass is 9.82. The molecule has 4 heteroatoms. The van der Waals surface area contributed by atoms with Gasteiger partial charge in [-0.15, -0.1) is 0 Å². The highest BCUT2D eigenvalue weighted by atomic mass is 15.2. The van der Waals surface area contributed by atoms with E-state index in [1.165, 1.54) is 155 Å². The molecule has 2 aromatic heterocycles. The van der Waals surface area contributed by atoms with Gasteiger partial charge in [-0.3, -0.25) is 0 Å². The van der Waals surface area contributed by atoms with Gasteiger partial charge in [-0.2, -0.15) is 0 Å². The fourth-order valence-corrected chi connectivity index (χ4v) is 19.0. The minimum Gasteiger partial charge on any atom is -0.310 e. The number of fused-ring (bicyclic) bond motifs is 12. The molecule has 560 valence electrons. The highest BCUT2D eigenvalue weighted by Gasteiger charge is 2.38. The minimum atomic E-state index is -0.132. The average molecular weight is 1510 g/mol. The molecule has 118 heavy (non-hydrogen) atoms. The van der Waals surface area contributed by atoms with Gasteiger partial charge in [0.25, 0.3) is 0 Å². The van der Waals surface area contributed by atoms with Crippen molar-refractivity contribution in [1.82, 2.24) is 9.13 Å². The molecule has 0 amide bonds. The summed E-state index contributed by atoms with van der Waals surface area (Å²) >= 11 is 0. The van der Waals surface area contributed by atoms with E-state index in [1.54, 1.807) is 0 Å². The first kappa shape index (κ1) is 71.0. The fourth-order valence-electron chi connectivity index (χ4n) is 19.0. The van der Waals surface area contributed by atoms with Crippen LogP contribution in [0.1, 0.15) is 49.9 Å². The standard InChI is InChI=1S/2C57H42N2/c1-57(2)52-25-12-9-22-47(52)48-34-33-46(38-53(48)57)58(56-35-30-43(39-16-5-3-6-17-39)37-51(56)41-18-7-4-8-19-41)44-31-28-40(29-32-44)42-20-15-21-45(36-42)59-54-26-13-10-23-49(54)50-24-11-14-27-55(50)59;1-57(2)52-25-12-9-22-48(52)49-35-33-46(38-53(49)57)58(56-37-43(39-16-5-3-6-17-39)30-34-47(56)41-18-7-4-8-19-41)44-31-28-40(29-32-44)42-20-15-21-45(36-42)59-54-26-13-10-23-50(54)51-24-11-14-27-55(51)59/h2*3-38H,1-2H3. The smallest absolute Gasteiger partial charge is 0.0546 e. The summed E-state index contributed by atoms with van der Waals surface area (Å²) in [6.07, 6.45) is 0. The Morgan fingerprint density at radius 1 is 0.178 bits per heavy atom. The van der Waals surface area contributed by atoms with Crippen molar-refractivity contribution in [3.63, 3.8) is 0 Å². The zero-order valence-corrected chi connectivity index (χ0v) is 66.4. The number of para-hydroxylation sites is 4. The van der Waals surface area contributed by atoms with Crippen LogP contribution in [0.3, 0.4) is 0 Å². The first-order valence-corrected chi connectivity index (χ1v) is 41.0. The van der Waals surface area contributed by atoms with Crippen molar-refractivity contribution in [3.8, 4) is 100 Å². The van der Waals surface area contributed by atoms with Gasteiger partial charge in [0.2, 0.25) is 0 Å². The van der Waals surface area contributed by atoms with Crippen molar-refractivity contribution < 1.29 is 0 Å². The highest BCUT2D eigenvalue weighted by molar-refractivity contribution is 6.11. The Morgan fingerprint density at radius 3 is 0.907 bits per heavy atom. The van der Waals surface area contributed by atoms with E-state index in [1.807, 2.05) is 0 Å². The van der Waals surface area contributed by atoms with E-state index in [4.69, 9.17) is 0 Å². The third-order valence-electron chi connectivity index (χ3n) is 24.8. The SMILES string of the molecule is CC1(C)c2ccccc2-c2ccc(N(c3ccc(-c4cccc(-n5c6ccccc6c6ccccc65)c4)cc3)c3cc(-c4ccccc4)ccc3-c3ccccc3)cc21.CC1(C)c2ccccc2-c2ccc(N(c3ccc(-c4cccc(-n5c6ccccc6c6ccccc65)c4)cc3)c3ccc(-c4ccccc4)cc3-c3ccccc3)cc21. The molecule has 20 aromatic rings. The molecule has 0 aliphatic heterocycles. The molecular weight excluding hydrogens is 1430 g/mol. The fraction of sp³-hybridized carbons (Fsp3) is 0.0526. The first-order valence-electron chi connectivity index (χ1n) is 41.0. The Hall–Kier alpha value is -14.8. The summed E-state index contributed by atoms with van der Waals surface area (Å²) in [6, 6.07) is 160. The van der Waals surface area contributed by atoms with Crippen LogP contribution in [0, 0.1) is 0 Å². The van der Waals surface area contributed by atoms with Crippen LogP contribution in [0.4, 0.5) is 34.1 Å². The molecule has 0 bridgehead atoms. The van der Waals surface area contributed by atoms with Gasteiger partial charge < -0.3 is 18.9 Å². The number of aromatic nitrogens is 2. The molecule has 0 atom stereocenters. The van der Waals surface area contributed by atoms with Crippen molar-refractivity contribution >= 4 is 77.7 Å². The van der Waals surface area contributed by atoms with Crippen LogP contribution in [0.5, 0.6) is 0 Å². The molecule has 2 aliphatic carbocycles. The molecular formula is C114H84N4. The van der Waals surface area contributed by atoms with E-state index < -0.39 is 0 Å². The lowest BCUT2D eigenvalue weighted by molar-refractivity contribution is 0.660. The zero-order chi connectivity index (χ0) is 79.0. The molecule has 0 spiro atoms. The number of hydrogen-bond donors (Lipinski definition) is 0. The van der Waals surface area contributed by atoms with Gasteiger partial charge in [0.15, 0.2) is 0 Å². The van der Waals surface area contributed by atoms with Crippen LogP contribution in [0.15, 0.2) is 437 Å². The van der Waals surface area contributed by atoms with Crippen molar-refractivity contribution in [2.75, 3.05) is 9.80 Å². The Morgan fingerprint density at radius 2 is 0.475 bits per heavy atom. The summed E-state index contributed by atoms with van der Waals surface area (Å²) in [7, 11) is 0. The maximum atomic E-state index is 2.46. The second-order valence-corrected chi connectivity index (χ2v) is 32.3. The Kier molecular flexibility index (Phi) is 17.6. The largest absolute Gasteiger partial charge is 0.310 e. The van der Waals surface area contributed by atoms with E-state index in [0.717, 1.165) is 45.5 Å². The normalized spacial score (nSPS) is 12.7. The highest BCUT2D eigenvalue weighted by Crippen LogP contribution is 2.55. The molecule has 22 rings (SSSR count). The van der Waals surface area contributed by atoms with Gasteiger partial charge in [-0.25, -0.2) is 0 Å². The maximum Gasteiger partial charge on any atom is 0.0546 e. The van der Waals surface area contributed by atoms with Gasteiger partial charge in [0.05, 0.1) is 33.4 Å². The maximum absolute atomic E-state index is 2.46. The summed E-state index contributed by atoms with van der Waals surface area (Å²) in [5.74, 6) is 0. The summed E-state index contributed by atoms with van der Waals surface area (Å²) in [6.45, 7) is 9.44. The van der Waals surface area contributed by atoms with Crippen LogP contribution in [0.2, 0.25) is 0 Å². The van der Waals surface area contributed by atoms with Crippen LogP contribution >= 0.6 is 0 Å². The molecule has 0 saturated heterocycles. The van der Waals surface area contributed by atoms with Gasteiger partial charge in [-0.1, -0.05) is 349 Å². The van der Waals surface area contributed by atoms with Gasteiger partial charge in [-0.05, 0) is 215 Å². The molecule has 2 heterocycles. The molecule has 0 saturated carbocycles. The molecule has 2 aliphatic rings. The molecule has 18 aromatic carbocycles. The predicted molar refractivity (Wildman–Crippen MR) is 499 cm³/mol. The van der Waals surface area contributed by atoms with Crippen LogP contribution in [0.25, 0.3) is 144 Å². The number of hydrogen-bond acceptors (Lipinski definition) is 2. The molecule has 0 unspecified atom stereocenters. The number of rotatable bonds is 14. The Balaban J connectivity index is 0.000000147. The number of benzene rings is 18. The predicted octanol–water partition coefficient (Wildman–Crippen LogP) is 31.1. The van der Waals surface area contributed by atoms with Crippen molar-refractivity contribution in [3.05, 3.63) is 459 Å². The van der Waals surface area contributed by atoms with E-state index in [0.29, 0.717) is 0 Å². The van der Waals surface area contributed by atoms with Crippen LogP contribution in [-0.2, 0) is 10.8 Å². The average Bonchev–Trinajstić information content (AvgIpc) is 1.61. The molecule has 4 nitrogen and oxygen atoms in total. The van der Waals surface area contributed by atoms with Crippen LogP contribution in [-0.4, -0.2) is 9.13 Å². The molecule has 0 fully saturated rings. The van der Waals surface area contributed by atoms with Crippen LogP contribution < -0.4 is 9.80 Å². The minimum absolute atomic E-state index is 0.127. The number of nitrogens with zero attached hydrogens (tertiary/aromatic N) is 4. The topological polar surface area (TPSA) is 16.3 Å². The summed E-state index contributed by atoms with van der Waals surface area (Å²) in [5.41, 5.74) is 38.5. The second-order valence-electron chi connectivity index (χ2n) is 32.3. The summed E-state index contributed by atoms with van der Waals surface area (Å²) in [4.78, 5) is 4.92. The lowest BCUT2D eigenvalue weighted by Gasteiger charge is -2.30. The number of anilines is 6. The van der Waals surface area contributed by atoms with E-state index in [-0.39, 0.29) is 10.8 Å². The van der Waals surface area contributed by atoms with Crippen molar-refractivity contribution in [1.29, 1.82) is 0 Å². The quantitative estimate of drug-likeness (QED) is 0.108. The Bertz CT molecular complexity index is 7110. The zero-order valence-electron chi connectivity index (χ0n) is 66.4. The van der Waals surface area contributed by atoms with E-state index >= 15 is 0 Å². The summed E-state index contributed by atoms with van der Waals surface area (Å²) < 4.78 is 4.78. The van der Waals surface area contributed by atoms with Gasteiger partial charge in [0.1, 0.15) is 0 Å². The third-order valence-corrected chi connectivity index (χ3v) is 24.8. The molecule has 0 N–H and O–H groups in total. The van der Waals surface area contributed by atoms with Gasteiger partial charge >= 0.3 is 0 Å². The Labute approximate surface area is 690 Å².